The molecule has 18 heavy (non-hydrogen) atoms. The van der Waals surface area contributed by atoms with Gasteiger partial charge in [0.15, 0.2) is 0 Å². The maximum Gasteiger partial charge on any atom is 0.133 e. The van der Waals surface area contributed by atoms with Crippen LogP contribution in [-0.4, -0.2) is 19.8 Å². The number of hydrogen-bond acceptors (Lipinski definition) is 2. The SMILES string of the molecule is CNC(c1c(F)ccc(C)c1F)C1OCCC1C. The summed E-state index contributed by atoms with van der Waals surface area (Å²) >= 11 is 0. The van der Waals surface area contributed by atoms with Gasteiger partial charge in [0.1, 0.15) is 11.6 Å². The molecular weight excluding hydrogens is 236 g/mol. The molecular formula is C14H19F2NO. The van der Waals surface area contributed by atoms with Crippen LogP contribution in [0, 0.1) is 24.5 Å². The highest BCUT2D eigenvalue weighted by molar-refractivity contribution is 5.30. The third-order valence-electron chi connectivity index (χ3n) is 3.71. The zero-order valence-corrected chi connectivity index (χ0v) is 11.0. The number of aryl methyl sites for hydroxylation is 1. The van der Waals surface area contributed by atoms with Crippen LogP contribution < -0.4 is 5.32 Å². The highest BCUT2D eigenvalue weighted by atomic mass is 19.1. The van der Waals surface area contributed by atoms with E-state index < -0.39 is 17.7 Å². The molecule has 1 saturated heterocycles. The molecule has 4 heteroatoms. The van der Waals surface area contributed by atoms with Gasteiger partial charge in [0.05, 0.1) is 12.1 Å². The van der Waals surface area contributed by atoms with Gasteiger partial charge in [-0.2, -0.15) is 0 Å². The van der Waals surface area contributed by atoms with Crippen molar-refractivity contribution in [3.8, 4) is 0 Å². The van der Waals surface area contributed by atoms with Crippen molar-refractivity contribution in [2.24, 2.45) is 5.92 Å². The Morgan fingerprint density at radius 2 is 2.11 bits per heavy atom. The second-order valence-electron chi connectivity index (χ2n) is 4.96. The fourth-order valence-corrected chi connectivity index (χ4v) is 2.58. The molecule has 0 radical (unpaired) electrons. The lowest BCUT2D eigenvalue weighted by Crippen LogP contribution is -2.34. The van der Waals surface area contributed by atoms with Gasteiger partial charge in [0.25, 0.3) is 0 Å². The Kier molecular flexibility index (Phi) is 3.97. The number of hydrogen-bond donors (Lipinski definition) is 1. The second kappa shape index (κ2) is 5.33. The molecule has 2 nitrogen and oxygen atoms in total. The first kappa shape index (κ1) is 13.4. The quantitative estimate of drug-likeness (QED) is 0.896. The smallest absolute Gasteiger partial charge is 0.133 e. The molecule has 1 heterocycles. The van der Waals surface area contributed by atoms with Gasteiger partial charge >= 0.3 is 0 Å². The van der Waals surface area contributed by atoms with E-state index in [1.54, 1.807) is 14.0 Å². The van der Waals surface area contributed by atoms with Crippen molar-refractivity contribution in [2.75, 3.05) is 13.7 Å². The summed E-state index contributed by atoms with van der Waals surface area (Å²) in [6, 6.07) is 2.33. The number of halogens is 2. The van der Waals surface area contributed by atoms with Crippen LogP contribution in [0.15, 0.2) is 12.1 Å². The van der Waals surface area contributed by atoms with Gasteiger partial charge in [-0.05, 0) is 37.9 Å². The standard InChI is InChI=1S/C14H19F2NO/c1-8-4-5-10(15)11(12(8)16)13(17-3)14-9(2)6-7-18-14/h4-5,9,13-14,17H,6-7H2,1-3H3. The molecule has 0 aromatic heterocycles. The van der Waals surface area contributed by atoms with Crippen LogP contribution in [0.4, 0.5) is 8.78 Å². The van der Waals surface area contributed by atoms with Gasteiger partial charge in [-0.25, -0.2) is 8.78 Å². The van der Waals surface area contributed by atoms with Gasteiger partial charge in [-0.3, -0.25) is 0 Å². The largest absolute Gasteiger partial charge is 0.376 e. The zero-order valence-electron chi connectivity index (χ0n) is 11.0. The molecule has 0 saturated carbocycles. The maximum atomic E-state index is 14.1. The molecule has 1 N–H and O–H groups in total. The van der Waals surface area contributed by atoms with Crippen molar-refractivity contribution in [3.05, 3.63) is 34.9 Å². The predicted molar refractivity (Wildman–Crippen MR) is 66.4 cm³/mol. The van der Waals surface area contributed by atoms with Gasteiger partial charge in [-0.1, -0.05) is 13.0 Å². The van der Waals surface area contributed by atoms with Crippen LogP contribution in [0.1, 0.15) is 30.5 Å². The summed E-state index contributed by atoms with van der Waals surface area (Å²) < 4.78 is 33.7. The molecule has 2 rings (SSSR count). The molecule has 0 amide bonds. The maximum absolute atomic E-state index is 14.1. The normalized spacial score (nSPS) is 25.4. The van der Waals surface area contributed by atoms with Crippen molar-refractivity contribution >= 4 is 0 Å². The molecule has 3 unspecified atom stereocenters. The fourth-order valence-electron chi connectivity index (χ4n) is 2.58. The summed E-state index contributed by atoms with van der Waals surface area (Å²) in [4.78, 5) is 0. The molecule has 1 aliphatic rings. The Balaban J connectivity index is 2.41. The van der Waals surface area contributed by atoms with Crippen LogP contribution >= 0.6 is 0 Å². The highest BCUT2D eigenvalue weighted by Crippen LogP contribution is 2.34. The number of nitrogens with one attached hydrogen (secondary N) is 1. The number of likely N-dealkylation sites (N-methyl/N-ethyl adjacent to an activating group) is 1. The van der Waals surface area contributed by atoms with Crippen LogP contribution in [0.25, 0.3) is 0 Å². The lowest BCUT2D eigenvalue weighted by atomic mass is 9.91. The molecule has 1 aromatic rings. The Bertz CT molecular complexity index is 436. The molecule has 3 atom stereocenters. The number of rotatable bonds is 3. The summed E-state index contributed by atoms with van der Waals surface area (Å²) in [5.41, 5.74) is 0.550. The highest BCUT2D eigenvalue weighted by Gasteiger charge is 2.35. The van der Waals surface area contributed by atoms with Crippen molar-refractivity contribution < 1.29 is 13.5 Å². The lowest BCUT2D eigenvalue weighted by molar-refractivity contribution is 0.0608. The number of benzene rings is 1. The van der Waals surface area contributed by atoms with Crippen LogP contribution in [0.3, 0.4) is 0 Å². The van der Waals surface area contributed by atoms with E-state index >= 15 is 0 Å². The second-order valence-corrected chi connectivity index (χ2v) is 4.96. The average molecular weight is 255 g/mol. The molecule has 100 valence electrons. The molecule has 0 aliphatic carbocycles. The molecule has 1 aliphatic heterocycles. The third kappa shape index (κ3) is 2.27. The Labute approximate surface area is 106 Å². The summed E-state index contributed by atoms with van der Waals surface area (Å²) in [5, 5.41) is 2.99. The minimum Gasteiger partial charge on any atom is -0.376 e. The van der Waals surface area contributed by atoms with E-state index in [1.165, 1.54) is 12.1 Å². The van der Waals surface area contributed by atoms with E-state index in [0.29, 0.717) is 18.1 Å². The van der Waals surface area contributed by atoms with Crippen molar-refractivity contribution in [1.29, 1.82) is 0 Å². The van der Waals surface area contributed by atoms with Gasteiger partial charge in [0, 0.05) is 12.2 Å². The lowest BCUT2D eigenvalue weighted by Gasteiger charge is -2.27. The molecule has 0 bridgehead atoms. The molecule has 1 aromatic carbocycles. The molecule has 0 spiro atoms. The monoisotopic (exact) mass is 255 g/mol. The summed E-state index contributed by atoms with van der Waals surface area (Å²) in [7, 11) is 1.71. The Morgan fingerprint density at radius 1 is 1.39 bits per heavy atom. The summed E-state index contributed by atoms with van der Waals surface area (Å²) in [6.07, 6.45) is 0.749. The zero-order chi connectivity index (χ0) is 13.3. The van der Waals surface area contributed by atoms with Crippen molar-refractivity contribution in [1.82, 2.24) is 5.32 Å². The first-order valence-corrected chi connectivity index (χ1v) is 6.29. The van der Waals surface area contributed by atoms with Crippen LogP contribution in [0.5, 0.6) is 0 Å². The topological polar surface area (TPSA) is 21.3 Å². The minimum atomic E-state index is -0.514. The van der Waals surface area contributed by atoms with E-state index in [4.69, 9.17) is 4.74 Å². The fraction of sp³-hybridized carbons (Fsp3) is 0.571. The Morgan fingerprint density at radius 3 is 2.67 bits per heavy atom. The first-order chi connectivity index (χ1) is 8.56. The molecule has 1 fully saturated rings. The van der Waals surface area contributed by atoms with E-state index in [-0.39, 0.29) is 11.7 Å². The van der Waals surface area contributed by atoms with E-state index in [1.807, 2.05) is 6.92 Å². The Hall–Kier alpha value is -1.00. The van der Waals surface area contributed by atoms with E-state index in [0.717, 1.165) is 6.42 Å². The van der Waals surface area contributed by atoms with Gasteiger partial charge in [-0.15, -0.1) is 0 Å². The van der Waals surface area contributed by atoms with Crippen molar-refractivity contribution in [3.63, 3.8) is 0 Å². The predicted octanol–water partition coefficient (Wildman–Crippen LogP) is 2.96. The van der Waals surface area contributed by atoms with Crippen LogP contribution in [0.2, 0.25) is 0 Å². The minimum absolute atomic E-state index is 0.0937. The summed E-state index contributed by atoms with van der Waals surface area (Å²) in [6.45, 7) is 4.34. The van der Waals surface area contributed by atoms with Crippen LogP contribution in [-0.2, 0) is 4.74 Å². The van der Waals surface area contributed by atoms with E-state index in [2.05, 4.69) is 5.32 Å². The number of ether oxygens (including phenoxy) is 1. The first-order valence-electron chi connectivity index (χ1n) is 6.29. The summed E-state index contributed by atoms with van der Waals surface area (Å²) in [5.74, 6) is -0.695. The van der Waals surface area contributed by atoms with Gasteiger partial charge < -0.3 is 10.1 Å². The van der Waals surface area contributed by atoms with E-state index in [9.17, 15) is 8.78 Å². The van der Waals surface area contributed by atoms with Crippen molar-refractivity contribution in [2.45, 2.75) is 32.4 Å². The third-order valence-corrected chi connectivity index (χ3v) is 3.71. The van der Waals surface area contributed by atoms with Gasteiger partial charge in [0.2, 0.25) is 0 Å². The average Bonchev–Trinajstić information content (AvgIpc) is 2.76.